The summed E-state index contributed by atoms with van der Waals surface area (Å²) < 4.78 is 0.812. The maximum Gasteiger partial charge on any atom is 0.193 e. The number of guanidine groups is 1. The third-order valence-corrected chi connectivity index (χ3v) is 2.71. The zero-order chi connectivity index (χ0) is 12.3. The van der Waals surface area contributed by atoms with Gasteiger partial charge in [0.1, 0.15) is 0 Å². The van der Waals surface area contributed by atoms with E-state index in [1.165, 1.54) is 0 Å². The fourth-order valence-corrected chi connectivity index (χ4v) is 2.40. The molecule has 0 aliphatic rings. The average molecular weight is 325 g/mol. The van der Waals surface area contributed by atoms with E-state index in [0.717, 1.165) is 4.47 Å². The Hall–Kier alpha value is -0.450. The first-order valence-electron chi connectivity index (χ1n) is 4.65. The van der Waals surface area contributed by atoms with Gasteiger partial charge in [-0.3, -0.25) is 4.99 Å². The average Bonchev–Trinajstić information content (AvgIpc) is 2.09. The predicted octanol–water partition coefficient (Wildman–Crippen LogP) is 3.89. The van der Waals surface area contributed by atoms with Crippen LogP contribution in [0.25, 0.3) is 0 Å². The van der Waals surface area contributed by atoms with Gasteiger partial charge in [0, 0.05) is 10.5 Å². The molecule has 1 aromatic carbocycles. The van der Waals surface area contributed by atoms with E-state index in [2.05, 4.69) is 26.2 Å². The molecule has 0 radical (unpaired) electrons. The first-order valence-corrected chi connectivity index (χ1v) is 6.20. The van der Waals surface area contributed by atoms with E-state index in [-0.39, 0.29) is 6.04 Å². The molecule has 3 nitrogen and oxygen atoms in total. The number of nitrogens with one attached hydrogen (secondary N) is 1. The van der Waals surface area contributed by atoms with Crippen LogP contribution in [-0.4, -0.2) is 12.0 Å². The van der Waals surface area contributed by atoms with Crippen molar-refractivity contribution in [3.05, 3.63) is 26.7 Å². The summed E-state index contributed by atoms with van der Waals surface area (Å²) in [4.78, 5) is 4.13. The SMILES string of the molecule is CC(C)N=C(N)Nc1c(Cl)cc(Br)cc1Cl. The molecule has 1 aromatic rings. The summed E-state index contributed by atoms with van der Waals surface area (Å²) in [5.74, 6) is 0.293. The van der Waals surface area contributed by atoms with Gasteiger partial charge in [-0.15, -0.1) is 0 Å². The third-order valence-electron chi connectivity index (χ3n) is 1.66. The van der Waals surface area contributed by atoms with Gasteiger partial charge in [-0.2, -0.15) is 0 Å². The second kappa shape index (κ2) is 5.75. The molecule has 0 heterocycles. The Morgan fingerprint density at radius 3 is 2.31 bits per heavy atom. The molecule has 1 rings (SSSR count). The summed E-state index contributed by atoms with van der Waals surface area (Å²) in [6.45, 7) is 3.86. The predicted molar refractivity (Wildman–Crippen MR) is 74.5 cm³/mol. The van der Waals surface area contributed by atoms with Crippen LogP contribution >= 0.6 is 39.1 Å². The molecule has 0 saturated heterocycles. The molecule has 0 unspecified atom stereocenters. The second-order valence-corrected chi connectivity index (χ2v) is 5.21. The number of nitrogens with zero attached hydrogens (tertiary/aromatic N) is 1. The van der Waals surface area contributed by atoms with Crippen LogP contribution < -0.4 is 11.1 Å². The van der Waals surface area contributed by atoms with Gasteiger partial charge in [0.15, 0.2) is 5.96 Å². The minimum atomic E-state index is 0.112. The summed E-state index contributed by atoms with van der Waals surface area (Å²) >= 11 is 15.4. The van der Waals surface area contributed by atoms with E-state index >= 15 is 0 Å². The Bertz CT molecular complexity index is 396. The van der Waals surface area contributed by atoms with Crippen LogP contribution in [0.5, 0.6) is 0 Å². The van der Waals surface area contributed by atoms with Crippen LogP contribution in [0.3, 0.4) is 0 Å². The van der Waals surface area contributed by atoms with Gasteiger partial charge in [-0.25, -0.2) is 0 Å². The number of hydrogen-bond acceptors (Lipinski definition) is 1. The van der Waals surface area contributed by atoms with Crippen LogP contribution in [0, 0.1) is 0 Å². The standard InChI is InChI=1S/C10H12BrCl2N3/c1-5(2)15-10(14)16-9-7(12)3-6(11)4-8(9)13/h3-5H,1-2H3,(H3,14,15,16). The lowest BCUT2D eigenvalue weighted by atomic mass is 10.3. The van der Waals surface area contributed by atoms with E-state index in [9.17, 15) is 0 Å². The molecule has 6 heteroatoms. The van der Waals surface area contributed by atoms with Crippen molar-refractivity contribution in [3.63, 3.8) is 0 Å². The molecule has 0 aromatic heterocycles. The molecule has 0 fully saturated rings. The lowest BCUT2D eigenvalue weighted by Gasteiger charge is -2.11. The van der Waals surface area contributed by atoms with Crippen LogP contribution in [0.2, 0.25) is 10.0 Å². The maximum atomic E-state index is 6.03. The van der Waals surface area contributed by atoms with Crippen LogP contribution in [0.15, 0.2) is 21.6 Å². The highest BCUT2D eigenvalue weighted by Crippen LogP contribution is 2.33. The molecular weight excluding hydrogens is 313 g/mol. The Balaban J connectivity index is 2.98. The van der Waals surface area contributed by atoms with Crippen molar-refractivity contribution < 1.29 is 0 Å². The van der Waals surface area contributed by atoms with Crippen LogP contribution in [0.1, 0.15) is 13.8 Å². The number of hydrogen-bond donors (Lipinski definition) is 2. The number of rotatable bonds is 2. The molecule has 0 aliphatic heterocycles. The molecule has 88 valence electrons. The zero-order valence-corrected chi connectivity index (χ0v) is 12.0. The van der Waals surface area contributed by atoms with Gasteiger partial charge in [-0.05, 0) is 26.0 Å². The number of anilines is 1. The largest absolute Gasteiger partial charge is 0.370 e. The summed E-state index contributed by atoms with van der Waals surface area (Å²) in [7, 11) is 0. The van der Waals surface area contributed by atoms with Crippen LogP contribution in [-0.2, 0) is 0 Å². The zero-order valence-electron chi connectivity index (χ0n) is 8.89. The number of nitrogens with two attached hydrogens (primary N) is 1. The Morgan fingerprint density at radius 2 is 1.88 bits per heavy atom. The van der Waals surface area contributed by atoms with Gasteiger partial charge < -0.3 is 11.1 Å². The lowest BCUT2D eigenvalue weighted by Crippen LogP contribution is -2.24. The lowest BCUT2D eigenvalue weighted by molar-refractivity contribution is 0.833. The minimum Gasteiger partial charge on any atom is -0.370 e. The molecule has 0 bridgehead atoms. The van der Waals surface area contributed by atoms with Crippen molar-refractivity contribution in [1.82, 2.24) is 0 Å². The van der Waals surface area contributed by atoms with E-state index < -0.39 is 0 Å². The normalized spacial score (nSPS) is 12.0. The van der Waals surface area contributed by atoms with Gasteiger partial charge in [0.2, 0.25) is 0 Å². The summed E-state index contributed by atoms with van der Waals surface area (Å²) in [5, 5.41) is 3.85. The number of halogens is 3. The smallest absolute Gasteiger partial charge is 0.193 e. The molecule has 0 saturated carbocycles. The first-order chi connectivity index (χ1) is 7.40. The molecule has 0 spiro atoms. The number of benzene rings is 1. The van der Waals surface area contributed by atoms with Crippen molar-refractivity contribution >= 4 is 50.8 Å². The summed E-state index contributed by atoms with van der Waals surface area (Å²) in [5.41, 5.74) is 6.26. The van der Waals surface area contributed by atoms with E-state index in [4.69, 9.17) is 28.9 Å². The van der Waals surface area contributed by atoms with Gasteiger partial charge in [0.25, 0.3) is 0 Å². The van der Waals surface area contributed by atoms with Crippen molar-refractivity contribution in [2.45, 2.75) is 19.9 Å². The highest BCUT2D eigenvalue weighted by Gasteiger charge is 2.08. The van der Waals surface area contributed by atoms with E-state index in [1.807, 2.05) is 13.8 Å². The second-order valence-electron chi connectivity index (χ2n) is 3.48. The Kier molecular flexibility index (Phi) is 4.89. The van der Waals surface area contributed by atoms with Crippen molar-refractivity contribution in [2.75, 3.05) is 5.32 Å². The Labute approximate surface area is 113 Å². The summed E-state index contributed by atoms with van der Waals surface area (Å²) in [6, 6.07) is 3.58. The van der Waals surface area contributed by atoms with Gasteiger partial charge >= 0.3 is 0 Å². The number of aliphatic imine (C=N–C) groups is 1. The molecule has 0 aliphatic carbocycles. The molecule has 16 heavy (non-hydrogen) atoms. The highest BCUT2D eigenvalue weighted by molar-refractivity contribution is 9.10. The fourth-order valence-electron chi connectivity index (χ4n) is 1.10. The quantitative estimate of drug-likeness (QED) is 0.640. The third kappa shape index (κ3) is 3.85. The highest BCUT2D eigenvalue weighted by atomic mass is 79.9. The molecule has 0 amide bonds. The van der Waals surface area contributed by atoms with Crippen molar-refractivity contribution in [2.24, 2.45) is 10.7 Å². The first kappa shape index (κ1) is 13.6. The van der Waals surface area contributed by atoms with Crippen molar-refractivity contribution in [1.29, 1.82) is 0 Å². The van der Waals surface area contributed by atoms with Crippen molar-refractivity contribution in [3.8, 4) is 0 Å². The summed E-state index contributed by atoms with van der Waals surface area (Å²) in [6.07, 6.45) is 0. The van der Waals surface area contributed by atoms with Gasteiger partial charge in [-0.1, -0.05) is 39.1 Å². The topological polar surface area (TPSA) is 50.4 Å². The molecule has 3 N–H and O–H groups in total. The van der Waals surface area contributed by atoms with E-state index in [0.29, 0.717) is 21.7 Å². The monoisotopic (exact) mass is 323 g/mol. The molecular formula is C10H12BrCl2N3. The van der Waals surface area contributed by atoms with Gasteiger partial charge in [0.05, 0.1) is 15.7 Å². The fraction of sp³-hybridized carbons (Fsp3) is 0.300. The maximum absolute atomic E-state index is 6.03. The Morgan fingerprint density at radius 1 is 1.38 bits per heavy atom. The van der Waals surface area contributed by atoms with E-state index in [1.54, 1.807) is 12.1 Å². The molecule has 0 atom stereocenters. The minimum absolute atomic E-state index is 0.112. The van der Waals surface area contributed by atoms with Crippen LogP contribution in [0.4, 0.5) is 5.69 Å².